The highest BCUT2D eigenvalue weighted by Crippen LogP contribution is 2.35. The zero-order chi connectivity index (χ0) is 25.8. The molecule has 0 spiro atoms. The van der Waals surface area contributed by atoms with Gasteiger partial charge in [-0.15, -0.1) is 0 Å². The Kier molecular flexibility index (Phi) is 8.17. The van der Waals surface area contributed by atoms with Crippen LogP contribution in [-0.2, 0) is 0 Å². The number of benzene rings is 1. The number of hydrogen-bond acceptors (Lipinski definition) is 2. The Bertz CT molecular complexity index is 1300. The zero-order valence-corrected chi connectivity index (χ0v) is 20.9. The topological polar surface area (TPSA) is 21.1 Å². The van der Waals surface area contributed by atoms with Crippen molar-refractivity contribution in [1.29, 1.82) is 0 Å². The van der Waals surface area contributed by atoms with Crippen molar-refractivity contribution in [3.63, 3.8) is 0 Å². The summed E-state index contributed by atoms with van der Waals surface area (Å²) in [5.74, 6) is -0.344. The molecule has 0 radical (unpaired) electrons. The van der Waals surface area contributed by atoms with E-state index in [1.807, 2.05) is 4.90 Å². The first-order valence-corrected chi connectivity index (χ1v) is 12.7. The van der Waals surface area contributed by atoms with Gasteiger partial charge < -0.3 is 4.90 Å². The van der Waals surface area contributed by atoms with Gasteiger partial charge in [-0.25, -0.2) is 13.8 Å². The van der Waals surface area contributed by atoms with Gasteiger partial charge in [0.05, 0.1) is 17.4 Å². The molecule has 192 valence electrons. The number of allylic oxidation sites excluding steroid dienone is 4. The molecule has 0 bridgehead atoms. The number of nitrogens with zero attached hydrogens (tertiary/aromatic N) is 3. The number of hydrogen-bond donors (Lipinski definition) is 0. The molecule has 0 saturated carbocycles. The maximum Gasteiger partial charge on any atom is 0.320 e. The second-order valence-electron chi connectivity index (χ2n) is 9.51. The Morgan fingerprint density at radius 1 is 1.17 bits per heavy atom. The third-order valence-electron chi connectivity index (χ3n) is 7.22. The number of fused-ring (bicyclic) bond motifs is 3. The van der Waals surface area contributed by atoms with Gasteiger partial charge in [0.25, 0.3) is 0 Å². The van der Waals surface area contributed by atoms with Crippen LogP contribution in [-0.4, -0.2) is 27.5 Å². The molecule has 0 unspecified atom stereocenters. The number of halogens is 4. The molecule has 0 atom stereocenters. The second kappa shape index (κ2) is 11.3. The number of aromatic nitrogens is 2. The van der Waals surface area contributed by atoms with Crippen LogP contribution in [0, 0.1) is 11.7 Å². The van der Waals surface area contributed by atoms with Crippen LogP contribution >= 0.6 is 0 Å². The fourth-order valence-electron chi connectivity index (χ4n) is 5.15. The van der Waals surface area contributed by atoms with Gasteiger partial charge in [-0.1, -0.05) is 57.4 Å². The van der Waals surface area contributed by atoms with Crippen LogP contribution in [0.4, 0.5) is 17.6 Å². The number of unbranched alkanes of at least 4 members (excludes halogenated alkanes) is 2. The predicted molar refractivity (Wildman–Crippen MR) is 139 cm³/mol. The molecular formula is C29H33F4N3. The maximum absolute atomic E-state index is 15.3. The summed E-state index contributed by atoms with van der Waals surface area (Å²) < 4.78 is 57.7. The average Bonchev–Trinajstić information content (AvgIpc) is 3.20. The number of rotatable bonds is 9. The minimum absolute atomic E-state index is 0.00813. The first kappa shape index (κ1) is 26.0. The van der Waals surface area contributed by atoms with E-state index in [0.717, 1.165) is 36.7 Å². The predicted octanol–water partition coefficient (Wildman–Crippen LogP) is 8.79. The Labute approximate surface area is 209 Å². The molecule has 0 N–H and O–H groups in total. The van der Waals surface area contributed by atoms with Crippen LogP contribution in [0.1, 0.15) is 64.5 Å². The van der Waals surface area contributed by atoms with E-state index >= 15 is 4.39 Å². The molecule has 1 aliphatic rings. The van der Waals surface area contributed by atoms with E-state index in [-0.39, 0.29) is 11.2 Å². The lowest BCUT2D eigenvalue weighted by atomic mass is 9.91. The van der Waals surface area contributed by atoms with Gasteiger partial charge in [0.2, 0.25) is 0 Å². The lowest BCUT2D eigenvalue weighted by Gasteiger charge is -2.34. The van der Waals surface area contributed by atoms with Crippen LogP contribution in [0.5, 0.6) is 0 Å². The quantitative estimate of drug-likeness (QED) is 0.167. The summed E-state index contributed by atoms with van der Waals surface area (Å²) in [4.78, 5) is 5.88. The monoisotopic (exact) mass is 499 g/mol. The van der Waals surface area contributed by atoms with E-state index in [2.05, 4.69) is 18.5 Å². The molecule has 1 aromatic carbocycles. The first-order valence-electron chi connectivity index (χ1n) is 12.7. The van der Waals surface area contributed by atoms with Gasteiger partial charge in [-0.05, 0) is 55.0 Å². The summed E-state index contributed by atoms with van der Waals surface area (Å²) in [6, 6.07) is 6.16. The molecule has 4 rings (SSSR count). The lowest BCUT2D eigenvalue weighted by molar-refractivity contribution is 0.0791. The molecule has 1 saturated heterocycles. The van der Waals surface area contributed by atoms with Crippen molar-refractivity contribution < 1.29 is 17.6 Å². The summed E-state index contributed by atoms with van der Waals surface area (Å²) in [5, 5.41) is 0.777. The van der Waals surface area contributed by atoms with Crippen molar-refractivity contribution in [2.24, 2.45) is 5.92 Å². The molecule has 3 aromatic rings. The number of alkyl halides is 2. The number of piperidine rings is 1. The van der Waals surface area contributed by atoms with Crippen LogP contribution < -0.4 is 0 Å². The molecule has 36 heavy (non-hydrogen) atoms. The molecule has 1 fully saturated rings. The summed E-state index contributed by atoms with van der Waals surface area (Å²) >= 11 is 0. The Balaban J connectivity index is 1.56. The highest BCUT2D eigenvalue weighted by Gasteiger charge is 2.22. The molecule has 7 heteroatoms. The normalized spacial score (nSPS) is 16.0. The largest absolute Gasteiger partial charge is 0.370 e. The minimum Gasteiger partial charge on any atom is -0.370 e. The molecule has 1 aliphatic heterocycles. The fourth-order valence-corrected chi connectivity index (χ4v) is 5.15. The van der Waals surface area contributed by atoms with Crippen molar-refractivity contribution in [3.05, 3.63) is 72.1 Å². The molecule has 0 aliphatic carbocycles. The summed E-state index contributed by atoms with van der Waals surface area (Å²) in [7, 11) is 0. The molecule has 2 aromatic heterocycles. The van der Waals surface area contributed by atoms with E-state index in [0.29, 0.717) is 33.5 Å². The van der Waals surface area contributed by atoms with Crippen molar-refractivity contribution in [2.45, 2.75) is 58.9 Å². The third kappa shape index (κ3) is 5.35. The van der Waals surface area contributed by atoms with E-state index in [9.17, 15) is 13.2 Å². The van der Waals surface area contributed by atoms with Crippen LogP contribution in [0.3, 0.4) is 0 Å². The van der Waals surface area contributed by atoms with Crippen molar-refractivity contribution in [2.75, 3.05) is 13.1 Å². The van der Waals surface area contributed by atoms with Crippen LogP contribution in [0.15, 0.2) is 60.7 Å². The van der Waals surface area contributed by atoms with E-state index in [1.165, 1.54) is 37.8 Å². The standard InChI is InChI=1S/C29H33F4N3/c1-4-6-7-8-20-11-13-35(14-12-20)19(3)26(31)15-21(5-2)22-9-10-24-25-17-23(30)18-34-28(25)36(29(32)33)27(24)16-22/h5,9-10,15-18,20,29H,3-4,6-8,11-14H2,1-2H3/b21-5+,26-15+. The van der Waals surface area contributed by atoms with Gasteiger partial charge in [0.15, 0.2) is 0 Å². The lowest BCUT2D eigenvalue weighted by Crippen LogP contribution is -2.33. The highest BCUT2D eigenvalue weighted by atomic mass is 19.3. The molecule has 0 amide bonds. The van der Waals surface area contributed by atoms with Crippen molar-refractivity contribution >= 4 is 27.5 Å². The first-order chi connectivity index (χ1) is 17.3. The number of likely N-dealkylation sites (tertiary alicyclic amines) is 1. The number of pyridine rings is 1. The van der Waals surface area contributed by atoms with Gasteiger partial charge in [-0.3, -0.25) is 4.57 Å². The molecule has 3 nitrogen and oxygen atoms in total. The second-order valence-corrected chi connectivity index (χ2v) is 9.51. The van der Waals surface area contributed by atoms with Crippen molar-refractivity contribution in [1.82, 2.24) is 14.5 Å². The van der Waals surface area contributed by atoms with Crippen LogP contribution in [0.25, 0.3) is 27.5 Å². The van der Waals surface area contributed by atoms with Gasteiger partial charge in [-0.2, -0.15) is 8.78 Å². The van der Waals surface area contributed by atoms with Crippen LogP contribution in [0.2, 0.25) is 0 Å². The molecule has 3 heterocycles. The fraction of sp³-hybridized carbons (Fsp3) is 0.414. The smallest absolute Gasteiger partial charge is 0.320 e. The van der Waals surface area contributed by atoms with Gasteiger partial charge in [0.1, 0.15) is 17.3 Å². The van der Waals surface area contributed by atoms with Gasteiger partial charge >= 0.3 is 6.55 Å². The van der Waals surface area contributed by atoms with E-state index in [1.54, 1.807) is 31.2 Å². The third-order valence-corrected chi connectivity index (χ3v) is 7.22. The minimum atomic E-state index is -2.86. The molecular weight excluding hydrogens is 466 g/mol. The average molecular weight is 500 g/mol. The summed E-state index contributed by atoms with van der Waals surface area (Å²) in [6.07, 6.45) is 11.1. The Hall–Kier alpha value is -3.09. The highest BCUT2D eigenvalue weighted by molar-refractivity contribution is 6.07. The van der Waals surface area contributed by atoms with E-state index < -0.39 is 18.2 Å². The van der Waals surface area contributed by atoms with Gasteiger partial charge in [0, 0.05) is 23.9 Å². The summed E-state index contributed by atoms with van der Waals surface area (Å²) in [5.41, 5.74) is 1.70. The van der Waals surface area contributed by atoms with E-state index in [4.69, 9.17) is 0 Å². The Morgan fingerprint density at radius 3 is 2.58 bits per heavy atom. The Morgan fingerprint density at radius 2 is 1.92 bits per heavy atom. The summed E-state index contributed by atoms with van der Waals surface area (Å²) in [6.45, 7) is 6.68. The zero-order valence-electron chi connectivity index (χ0n) is 20.9. The van der Waals surface area contributed by atoms with Crippen molar-refractivity contribution in [3.8, 4) is 0 Å². The SMILES string of the molecule is C=C(/C(F)=C\C(=C/C)c1ccc2c3cc(F)cnc3n(C(F)F)c2c1)N1CCC(CCCCC)CC1. The maximum atomic E-state index is 15.3.